The normalized spacial score (nSPS) is 12.0. The predicted molar refractivity (Wildman–Crippen MR) is 95.4 cm³/mol. The molecule has 2 aromatic carbocycles. The van der Waals surface area contributed by atoms with Gasteiger partial charge in [-0.05, 0) is 65.8 Å². The van der Waals surface area contributed by atoms with E-state index in [1.807, 2.05) is 38.1 Å². The number of hydrogen-bond donors (Lipinski definition) is 1. The first kappa shape index (κ1) is 16.2. The smallest absolute Gasteiger partial charge is 0.257 e. The molecule has 0 aliphatic heterocycles. The van der Waals surface area contributed by atoms with Crippen LogP contribution in [0.5, 0.6) is 0 Å². The molecule has 1 unspecified atom stereocenters. The fourth-order valence-electron chi connectivity index (χ4n) is 2.21. The molecule has 0 saturated heterocycles. The third kappa shape index (κ3) is 3.71. The van der Waals surface area contributed by atoms with Gasteiger partial charge in [-0.2, -0.15) is 0 Å². The zero-order chi connectivity index (χ0) is 15.6. The topological polar surface area (TPSA) is 46.2 Å². The minimum absolute atomic E-state index is 0.171. The Labute approximate surface area is 140 Å². The second kappa shape index (κ2) is 6.70. The number of benzene rings is 2. The lowest BCUT2D eigenvalue weighted by Gasteiger charge is -2.12. The average molecular weight is 413 g/mol. The largest absolute Gasteiger partial charge is 0.321 e. The Morgan fingerprint density at radius 3 is 2.48 bits per heavy atom. The van der Waals surface area contributed by atoms with Crippen LogP contribution in [0.2, 0.25) is 0 Å². The molecule has 0 radical (unpaired) electrons. The second-order valence-electron chi connectivity index (χ2n) is 4.84. The van der Waals surface area contributed by atoms with Gasteiger partial charge in [0.1, 0.15) is 0 Å². The number of para-hydroxylation sites is 1. The van der Waals surface area contributed by atoms with Gasteiger partial charge in [-0.3, -0.25) is 9.00 Å². The number of halogens is 1. The molecule has 2 aromatic rings. The molecular formula is C16H16INO2S. The van der Waals surface area contributed by atoms with Gasteiger partial charge in [-0.25, -0.2) is 0 Å². The van der Waals surface area contributed by atoms with Crippen molar-refractivity contribution in [2.45, 2.75) is 18.7 Å². The van der Waals surface area contributed by atoms with Gasteiger partial charge in [0.2, 0.25) is 0 Å². The molecule has 5 heteroatoms. The summed E-state index contributed by atoms with van der Waals surface area (Å²) in [4.78, 5) is 13.2. The summed E-state index contributed by atoms with van der Waals surface area (Å²) in [6, 6.07) is 11.1. The number of carbonyl (C=O) groups excluding carboxylic acids is 1. The van der Waals surface area contributed by atoms with Crippen molar-refractivity contribution in [1.29, 1.82) is 0 Å². The van der Waals surface area contributed by atoms with Gasteiger partial charge in [-0.15, -0.1) is 0 Å². The van der Waals surface area contributed by atoms with Crippen molar-refractivity contribution in [3.8, 4) is 0 Å². The number of rotatable bonds is 3. The first-order valence-corrected chi connectivity index (χ1v) is 9.04. The van der Waals surface area contributed by atoms with Crippen LogP contribution in [0.4, 0.5) is 5.69 Å². The Hall–Kier alpha value is -1.21. The van der Waals surface area contributed by atoms with E-state index < -0.39 is 10.8 Å². The summed E-state index contributed by atoms with van der Waals surface area (Å²) in [7, 11) is -1.14. The molecule has 0 aliphatic rings. The van der Waals surface area contributed by atoms with Crippen LogP contribution >= 0.6 is 22.6 Å². The Balaban J connectivity index is 2.38. The van der Waals surface area contributed by atoms with Crippen LogP contribution in [0, 0.1) is 17.4 Å². The fourth-order valence-corrected chi connectivity index (χ4v) is 4.07. The van der Waals surface area contributed by atoms with Crippen molar-refractivity contribution in [2.24, 2.45) is 0 Å². The number of anilines is 1. The number of carbonyl (C=O) groups is 1. The fraction of sp³-hybridized carbons (Fsp3) is 0.188. The van der Waals surface area contributed by atoms with Crippen LogP contribution in [0.15, 0.2) is 41.3 Å². The van der Waals surface area contributed by atoms with Crippen LogP contribution < -0.4 is 5.32 Å². The van der Waals surface area contributed by atoms with Gasteiger partial charge < -0.3 is 5.32 Å². The SMILES string of the molecule is Cc1cc(C)c(C(=O)Nc2ccccc2S(C)=O)c(I)c1. The van der Waals surface area contributed by atoms with Gasteiger partial charge in [0.25, 0.3) is 5.91 Å². The highest BCUT2D eigenvalue weighted by molar-refractivity contribution is 14.1. The van der Waals surface area contributed by atoms with Gasteiger partial charge in [0, 0.05) is 9.83 Å². The van der Waals surface area contributed by atoms with E-state index in [-0.39, 0.29) is 5.91 Å². The van der Waals surface area contributed by atoms with E-state index in [1.54, 1.807) is 18.4 Å². The lowest BCUT2D eigenvalue weighted by atomic mass is 10.1. The van der Waals surface area contributed by atoms with Crippen molar-refractivity contribution in [1.82, 2.24) is 0 Å². The highest BCUT2D eigenvalue weighted by atomic mass is 127. The Morgan fingerprint density at radius 2 is 1.86 bits per heavy atom. The first-order valence-electron chi connectivity index (χ1n) is 6.40. The van der Waals surface area contributed by atoms with E-state index in [4.69, 9.17) is 0 Å². The van der Waals surface area contributed by atoms with Gasteiger partial charge in [0.05, 0.1) is 26.9 Å². The summed E-state index contributed by atoms with van der Waals surface area (Å²) >= 11 is 2.17. The zero-order valence-electron chi connectivity index (χ0n) is 12.1. The van der Waals surface area contributed by atoms with Gasteiger partial charge >= 0.3 is 0 Å². The van der Waals surface area contributed by atoms with Crippen LogP contribution in [0.25, 0.3) is 0 Å². The maximum absolute atomic E-state index is 12.5. The molecule has 3 nitrogen and oxygen atoms in total. The third-order valence-corrected chi connectivity index (χ3v) is 4.93. The molecule has 0 heterocycles. The van der Waals surface area contributed by atoms with E-state index in [0.29, 0.717) is 16.1 Å². The number of hydrogen-bond acceptors (Lipinski definition) is 2. The summed E-state index contributed by atoms with van der Waals surface area (Å²) in [5, 5.41) is 2.87. The molecule has 1 atom stereocenters. The Morgan fingerprint density at radius 1 is 1.19 bits per heavy atom. The first-order chi connectivity index (χ1) is 9.90. The van der Waals surface area contributed by atoms with Gasteiger partial charge in [0.15, 0.2) is 0 Å². The molecule has 0 bridgehead atoms. The molecule has 110 valence electrons. The Kier molecular flexibility index (Phi) is 5.16. The molecule has 2 rings (SSSR count). The summed E-state index contributed by atoms with van der Waals surface area (Å²) < 4.78 is 12.6. The molecular weight excluding hydrogens is 397 g/mol. The molecule has 0 spiro atoms. The second-order valence-corrected chi connectivity index (χ2v) is 7.35. The van der Waals surface area contributed by atoms with Crippen molar-refractivity contribution < 1.29 is 9.00 Å². The molecule has 0 aromatic heterocycles. The van der Waals surface area contributed by atoms with E-state index in [2.05, 4.69) is 27.9 Å². The van der Waals surface area contributed by atoms with Crippen LogP contribution in [-0.2, 0) is 10.8 Å². The van der Waals surface area contributed by atoms with E-state index in [1.165, 1.54) is 0 Å². The van der Waals surface area contributed by atoms with Crippen molar-refractivity contribution in [3.05, 3.63) is 56.7 Å². The molecule has 0 aliphatic carbocycles. The number of nitrogens with one attached hydrogen (secondary N) is 1. The Bertz CT molecular complexity index is 705. The van der Waals surface area contributed by atoms with E-state index in [9.17, 15) is 9.00 Å². The van der Waals surface area contributed by atoms with Gasteiger partial charge in [-0.1, -0.05) is 18.2 Å². The average Bonchev–Trinajstić information content (AvgIpc) is 2.37. The minimum Gasteiger partial charge on any atom is -0.321 e. The quantitative estimate of drug-likeness (QED) is 0.777. The van der Waals surface area contributed by atoms with Crippen molar-refractivity contribution in [2.75, 3.05) is 11.6 Å². The van der Waals surface area contributed by atoms with Crippen molar-refractivity contribution in [3.63, 3.8) is 0 Å². The molecule has 1 N–H and O–H groups in total. The van der Waals surface area contributed by atoms with Crippen LogP contribution in [-0.4, -0.2) is 16.4 Å². The predicted octanol–water partition coefficient (Wildman–Crippen LogP) is 3.90. The zero-order valence-corrected chi connectivity index (χ0v) is 15.0. The number of amides is 1. The monoisotopic (exact) mass is 413 g/mol. The molecule has 21 heavy (non-hydrogen) atoms. The van der Waals surface area contributed by atoms with Crippen LogP contribution in [0.1, 0.15) is 21.5 Å². The third-order valence-electron chi connectivity index (χ3n) is 3.10. The maximum atomic E-state index is 12.5. The standard InChI is InChI=1S/C16H16INO2S/c1-10-8-11(2)15(12(17)9-10)16(19)18-13-6-4-5-7-14(13)21(3)20/h4-9H,1-3H3,(H,18,19). The summed E-state index contributed by atoms with van der Waals surface area (Å²) in [6.07, 6.45) is 1.60. The molecule has 0 saturated carbocycles. The highest BCUT2D eigenvalue weighted by Crippen LogP contribution is 2.23. The summed E-state index contributed by atoms with van der Waals surface area (Å²) in [5.74, 6) is -0.171. The van der Waals surface area contributed by atoms with Crippen molar-refractivity contribution >= 4 is 45.0 Å². The molecule has 1 amide bonds. The summed E-state index contributed by atoms with van der Waals surface area (Å²) in [5.41, 5.74) is 3.33. The minimum atomic E-state index is -1.14. The van der Waals surface area contributed by atoms with Crippen LogP contribution in [0.3, 0.4) is 0 Å². The summed E-state index contributed by atoms with van der Waals surface area (Å²) in [6.45, 7) is 3.93. The highest BCUT2D eigenvalue weighted by Gasteiger charge is 2.16. The lowest BCUT2D eigenvalue weighted by Crippen LogP contribution is -2.16. The number of aryl methyl sites for hydroxylation is 2. The lowest BCUT2D eigenvalue weighted by molar-refractivity contribution is 0.102. The van der Waals surface area contributed by atoms with E-state index >= 15 is 0 Å². The maximum Gasteiger partial charge on any atom is 0.257 e. The molecule has 0 fully saturated rings. The van der Waals surface area contributed by atoms with E-state index in [0.717, 1.165) is 14.7 Å².